The number of amides is 1. The van der Waals surface area contributed by atoms with Crippen LogP contribution >= 0.6 is 15.9 Å². The lowest BCUT2D eigenvalue weighted by atomic mass is 10.2. The molecule has 0 aromatic carbocycles. The second-order valence-corrected chi connectivity index (χ2v) is 5.51. The fourth-order valence-electron chi connectivity index (χ4n) is 2.10. The van der Waals surface area contributed by atoms with Crippen molar-refractivity contribution in [2.75, 3.05) is 7.11 Å². The number of aromatic nitrogens is 2. The van der Waals surface area contributed by atoms with E-state index in [0.717, 1.165) is 23.0 Å². The van der Waals surface area contributed by atoms with Crippen LogP contribution in [0.15, 0.2) is 35.1 Å². The zero-order valence-electron chi connectivity index (χ0n) is 12.1. The Kier molecular flexibility index (Phi) is 5.38. The summed E-state index contributed by atoms with van der Waals surface area (Å²) in [4.78, 5) is 16.4. The van der Waals surface area contributed by atoms with Crippen molar-refractivity contribution in [1.29, 1.82) is 0 Å². The maximum atomic E-state index is 12.3. The van der Waals surface area contributed by atoms with Gasteiger partial charge < -0.3 is 14.6 Å². The number of nitrogens with zero attached hydrogens (tertiary/aromatic N) is 2. The summed E-state index contributed by atoms with van der Waals surface area (Å²) < 4.78 is 8.02. The van der Waals surface area contributed by atoms with E-state index in [0.29, 0.717) is 18.1 Å². The number of hydrogen-bond acceptors (Lipinski definition) is 3. The van der Waals surface area contributed by atoms with Crippen LogP contribution in [0, 0.1) is 0 Å². The highest BCUT2D eigenvalue weighted by Crippen LogP contribution is 2.17. The normalized spacial score (nSPS) is 10.4. The molecule has 2 aromatic rings. The maximum absolute atomic E-state index is 12.3. The summed E-state index contributed by atoms with van der Waals surface area (Å²) in [7, 11) is 1.57. The summed E-state index contributed by atoms with van der Waals surface area (Å²) in [5, 5.41) is 2.90. The zero-order valence-corrected chi connectivity index (χ0v) is 13.7. The van der Waals surface area contributed by atoms with Crippen LogP contribution in [0.4, 0.5) is 0 Å². The fourth-order valence-corrected chi connectivity index (χ4v) is 2.56. The molecule has 0 saturated heterocycles. The molecule has 2 aromatic heterocycles. The highest BCUT2D eigenvalue weighted by Gasteiger charge is 2.13. The first-order chi connectivity index (χ1) is 10.2. The average molecular weight is 352 g/mol. The minimum atomic E-state index is -0.111. The largest absolute Gasteiger partial charge is 0.481 e. The lowest BCUT2D eigenvalue weighted by molar-refractivity contribution is 0.0941. The minimum absolute atomic E-state index is 0.111. The van der Waals surface area contributed by atoms with Crippen LogP contribution in [-0.4, -0.2) is 22.6 Å². The van der Waals surface area contributed by atoms with Crippen molar-refractivity contribution in [3.63, 3.8) is 0 Å². The van der Waals surface area contributed by atoms with E-state index in [1.54, 1.807) is 13.3 Å². The second kappa shape index (κ2) is 7.26. The SMILES string of the molecule is CCCn1cc(Br)cc1C(=O)NCc1cccnc1OC. The molecule has 0 fully saturated rings. The van der Waals surface area contributed by atoms with Gasteiger partial charge >= 0.3 is 0 Å². The number of carbonyl (C=O) groups is 1. The van der Waals surface area contributed by atoms with Gasteiger partial charge in [-0.15, -0.1) is 0 Å². The minimum Gasteiger partial charge on any atom is -0.481 e. The molecule has 2 rings (SSSR count). The first kappa shape index (κ1) is 15.6. The summed E-state index contributed by atoms with van der Waals surface area (Å²) in [6.07, 6.45) is 4.55. The molecule has 0 aliphatic rings. The van der Waals surface area contributed by atoms with Gasteiger partial charge in [-0.25, -0.2) is 4.98 Å². The Morgan fingerprint density at radius 2 is 2.33 bits per heavy atom. The summed E-state index contributed by atoms with van der Waals surface area (Å²) in [5.74, 6) is 0.419. The topological polar surface area (TPSA) is 56.2 Å². The van der Waals surface area contributed by atoms with Crippen LogP contribution in [0.1, 0.15) is 29.4 Å². The Morgan fingerprint density at radius 3 is 3.05 bits per heavy atom. The van der Waals surface area contributed by atoms with E-state index < -0.39 is 0 Å². The van der Waals surface area contributed by atoms with E-state index in [1.165, 1.54) is 0 Å². The van der Waals surface area contributed by atoms with E-state index in [2.05, 4.69) is 33.2 Å². The molecule has 6 heteroatoms. The van der Waals surface area contributed by atoms with Crippen molar-refractivity contribution in [3.8, 4) is 5.88 Å². The van der Waals surface area contributed by atoms with Gasteiger partial charge in [0, 0.05) is 35.5 Å². The number of nitrogens with one attached hydrogen (secondary N) is 1. The van der Waals surface area contributed by atoms with Gasteiger partial charge in [-0.05, 0) is 34.5 Å². The van der Waals surface area contributed by atoms with Gasteiger partial charge in [0.1, 0.15) is 5.69 Å². The predicted molar refractivity (Wildman–Crippen MR) is 84.4 cm³/mol. The molecule has 0 bridgehead atoms. The third-order valence-corrected chi connectivity index (χ3v) is 3.48. The Labute approximate surface area is 132 Å². The third-order valence-electron chi connectivity index (χ3n) is 3.04. The molecule has 1 N–H and O–H groups in total. The summed E-state index contributed by atoms with van der Waals surface area (Å²) >= 11 is 3.41. The lowest BCUT2D eigenvalue weighted by Gasteiger charge is -2.10. The fraction of sp³-hybridized carbons (Fsp3) is 0.333. The Hall–Kier alpha value is -1.82. The van der Waals surface area contributed by atoms with Crippen LogP contribution in [0.2, 0.25) is 0 Å². The molecule has 112 valence electrons. The van der Waals surface area contributed by atoms with E-state index >= 15 is 0 Å². The van der Waals surface area contributed by atoms with Crippen molar-refractivity contribution in [2.24, 2.45) is 0 Å². The Balaban J connectivity index is 2.08. The monoisotopic (exact) mass is 351 g/mol. The van der Waals surface area contributed by atoms with Gasteiger partial charge in [-0.1, -0.05) is 13.0 Å². The molecule has 0 radical (unpaired) electrons. The molecule has 2 heterocycles. The quantitative estimate of drug-likeness (QED) is 0.870. The van der Waals surface area contributed by atoms with Crippen molar-refractivity contribution >= 4 is 21.8 Å². The Morgan fingerprint density at radius 1 is 1.52 bits per heavy atom. The summed E-state index contributed by atoms with van der Waals surface area (Å²) in [5.41, 5.74) is 1.49. The lowest BCUT2D eigenvalue weighted by Crippen LogP contribution is -2.25. The van der Waals surface area contributed by atoms with Gasteiger partial charge in [0.2, 0.25) is 5.88 Å². The molecule has 0 unspecified atom stereocenters. The number of halogens is 1. The van der Waals surface area contributed by atoms with E-state index in [9.17, 15) is 4.79 Å². The van der Waals surface area contributed by atoms with Gasteiger partial charge in [0.15, 0.2) is 0 Å². The van der Waals surface area contributed by atoms with Crippen LogP contribution in [0.3, 0.4) is 0 Å². The molecule has 1 amide bonds. The number of methoxy groups -OCH3 is 1. The van der Waals surface area contributed by atoms with E-state index in [4.69, 9.17) is 4.74 Å². The zero-order chi connectivity index (χ0) is 15.2. The van der Waals surface area contributed by atoms with Crippen molar-refractivity contribution in [2.45, 2.75) is 26.4 Å². The number of carbonyl (C=O) groups excluding carboxylic acids is 1. The first-order valence-corrected chi connectivity index (χ1v) is 7.56. The Bertz CT molecular complexity index is 625. The molecule has 0 spiro atoms. The van der Waals surface area contributed by atoms with Gasteiger partial charge in [0.05, 0.1) is 7.11 Å². The van der Waals surface area contributed by atoms with Crippen molar-refractivity contribution < 1.29 is 9.53 Å². The predicted octanol–water partition coefficient (Wildman–Crippen LogP) is 2.99. The van der Waals surface area contributed by atoms with Crippen molar-refractivity contribution in [3.05, 3.63) is 46.3 Å². The van der Waals surface area contributed by atoms with Crippen molar-refractivity contribution in [1.82, 2.24) is 14.9 Å². The summed E-state index contributed by atoms with van der Waals surface area (Å²) in [6.45, 7) is 3.27. The standard InChI is InChI=1S/C15H18BrN3O2/c1-3-7-19-10-12(16)8-13(19)14(20)18-9-11-5-4-6-17-15(11)21-2/h4-6,8,10H,3,7,9H2,1-2H3,(H,18,20). The highest BCUT2D eigenvalue weighted by molar-refractivity contribution is 9.10. The number of hydrogen-bond donors (Lipinski definition) is 1. The van der Waals surface area contributed by atoms with Crippen LogP contribution in [0.5, 0.6) is 5.88 Å². The smallest absolute Gasteiger partial charge is 0.268 e. The van der Waals surface area contributed by atoms with Gasteiger partial charge in [-0.3, -0.25) is 4.79 Å². The molecule has 0 saturated carbocycles. The number of ether oxygens (including phenoxy) is 1. The van der Waals surface area contributed by atoms with E-state index in [1.807, 2.05) is 29.0 Å². The second-order valence-electron chi connectivity index (χ2n) is 4.59. The van der Waals surface area contributed by atoms with Crippen LogP contribution in [0.25, 0.3) is 0 Å². The molecule has 0 aliphatic heterocycles. The molecule has 0 aliphatic carbocycles. The molecular weight excluding hydrogens is 334 g/mol. The molecule has 0 atom stereocenters. The number of pyridine rings is 1. The molecular formula is C15H18BrN3O2. The molecule has 21 heavy (non-hydrogen) atoms. The molecule has 5 nitrogen and oxygen atoms in total. The average Bonchev–Trinajstić information content (AvgIpc) is 2.86. The van der Waals surface area contributed by atoms with Crippen LogP contribution in [-0.2, 0) is 13.1 Å². The maximum Gasteiger partial charge on any atom is 0.268 e. The first-order valence-electron chi connectivity index (χ1n) is 6.77. The van der Waals surface area contributed by atoms with Gasteiger partial charge in [-0.2, -0.15) is 0 Å². The third kappa shape index (κ3) is 3.85. The summed E-state index contributed by atoms with van der Waals surface area (Å²) in [6, 6.07) is 5.53. The van der Waals surface area contributed by atoms with Gasteiger partial charge in [0.25, 0.3) is 5.91 Å². The van der Waals surface area contributed by atoms with Crippen LogP contribution < -0.4 is 10.1 Å². The van der Waals surface area contributed by atoms with E-state index in [-0.39, 0.29) is 5.91 Å². The number of rotatable bonds is 6. The highest BCUT2D eigenvalue weighted by atomic mass is 79.9. The number of aryl methyl sites for hydroxylation is 1.